The molecule has 0 N–H and O–H groups in total. The number of hydrogen-bond acceptors (Lipinski definition) is 8. The van der Waals surface area contributed by atoms with Crippen molar-refractivity contribution in [3.8, 4) is 28.7 Å². The Kier molecular flexibility index (Phi) is 10.4. The Balaban J connectivity index is 2.31. The summed E-state index contributed by atoms with van der Waals surface area (Å²) >= 11 is 0. The van der Waals surface area contributed by atoms with E-state index in [-0.39, 0.29) is 19.4 Å². The second-order valence-electron chi connectivity index (χ2n) is 6.29. The Morgan fingerprint density at radius 1 is 0.781 bits per heavy atom. The van der Waals surface area contributed by atoms with E-state index in [4.69, 9.17) is 33.2 Å². The number of ketones is 1. The summed E-state index contributed by atoms with van der Waals surface area (Å²) in [7, 11) is 4.58. The van der Waals surface area contributed by atoms with Crippen molar-refractivity contribution >= 4 is 11.9 Å². The lowest BCUT2D eigenvalue weighted by molar-refractivity contribution is 0.00489. The van der Waals surface area contributed by atoms with E-state index in [0.29, 0.717) is 53.1 Å². The first-order valence-corrected chi connectivity index (χ1v) is 10.2. The Labute approximate surface area is 188 Å². The van der Waals surface area contributed by atoms with E-state index < -0.39 is 0 Å². The number of ether oxygens (including phenoxy) is 7. The quantitative estimate of drug-likeness (QED) is 0.183. The molecule has 0 bridgehead atoms. The van der Waals surface area contributed by atoms with Crippen LogP contribution in [-0.4, -0.2) is 53.9 Å². The van der Waals surface area contributed by atoms with Crippen LogP contribution in [0.4, 0.5) is 0 Å². The van der Waals surface area contributed by atoms with E-state index in [9.17, 15) is 4.79 Å². The standard InChI is InChI=1S/C24H30O8/c1-6-29-15-31-21-13-9-17(23(28-5)24(21)32-16-30-7-2)8-11-19(25)18-10-12-20(26-3)22(14-18)27-4/h8-14H,6-7,15-16H2,1-5H3/b11-8+. The maximum absolute atomic E-state index is 12.7. The number of methoxy groups -OCH3 is 3. The number of hydrogen-bond donors (Lipinski definition) is 0. The fraction of sp³-hybridized carbons (Fsp3) is 0.375. The molecule has 2 rings (SSSR count). The first-order chi connectivity index (χ1) is 15.6. The largest absolute Gasteiger partial charge is 0.493 e. The van der Waals surface area contributed by atoms with Gasteiger partial charge < -0.3 is 33.2 Å². The van der Waals surface area contributed by atoms with Crippen LogP contribution < -0.4 is 23.7 Å². The molecule has 0 spiro atoms. The molecule has 0 aliphatic heterocycles. The highest BCUT2D eigenvalue weighted by atomic mass is 16.7. The maximum Gasteiger partial charge on any atom is 0.206 e. The number of carbonyl (C=O) groups is 1. The lowest BCUT2D eigenvalue weighted by atomic mass is 10.1. The third kappa shape index (κ3) is 6.63. The van der Waals surface area contributed by atoms with Crippen LogP contribution in [0.25, 0.3) is 6.08 Å². The van der Waals surface area contributed by atoms with Crippen molar-refractivity contribution in [2.24, 2.45) is 0 Å². The van der Waals surface area contributed by atoms with Crippen molar-refractivity contribution in [3.05, 3.63) is 47.5 Å². The topological polar surface area (TPSA) is 81.7 Å². The molecule has 174 valence electrons. The maximum atomic E-state index is 12.7. The highest BCUT2D eigenvalue weighted by Crippen LogP contribution is 2.41. The Morgan fingerprint density at radius 3 is 2.06 bits per heavy atom. The lowest BCUT2D eigenvalue weighted by Crippen LogP contribution is -2.08. The summed E-state index contributed by atoms with van der Waals surface area (Å²) in [6, 6.07) is 8.48. The number of rotatable bonds is 14. The zero-order valence-electron chi connectivity index (χ0n) is 19.1. The van der Waals surface area contributed by atoms with Gasteiger partial charge in [0, 0.05) is 24.3 Å². The summed E-state index contributed by atoms with van der Waals surface area (Å²) in [5.74, 6) is 2.04. The molecule has 0 aromatic heterocycles. The summed E-state index contributed by atoms with van der Waals surface area (Å²) in [5, 5.41) is 0. The SMILES string of the molecule is CCOCOc1ccc(/C=C/C(=O)c2ccc(OC)c(OC)c2)c(OC)c1OCOCC. The highest BCUT2D eigenvalue weighted by molar-refractivity contribution is 6.07. The van der Waals surface area contributed by atoms with Crippen molar-refractivity contribution in [3.63, 3.8) is 0 Å². The van der Waals surface area contributed by atoms with Gasteiger partial charge in [-0.3, -0.25) is 4.79 Å². The van der Waals surface area contributed by atoms with Crippen LogP contribution in [0.3, 0.4) is 0 Å². The molecule has 0 saturated carbocycles. The van der Waals surface area contributed by atoms with Gasteiger partial charge in [-0.05, 0) is 56.3 Å². The van der Waals surface area contributed by atoms with Crippen molar-refractivity contribution in [2.45, 2.75) is 13.8 Å². The van der Waals surface area contributed by atoms with Crippen LogP contribution in [0.2, 0.25) is 0 Å². The zero-order valence-corrected chi connectivity index (χ0v) is 19.1. The number of allylic oxidation sites excluding steroid dienone is 1. The molecule has 0 radical (unpaired) electrons. The minimum absolute atomic E-state index is 0.0234. The molecule has 32 heavy (non-hydrogen) atoms. The molecule has 0 aliphatic rings. The van der Waals surface area contributed by atoms with E-state index in [1.54, 1.807) is 43.5 Å². The van der Waals surface area contributed by atoms with Crippen LogP contribution in [0, 0.1) is 0 Å². The fourth-order valence-corrected chi connectivity index (χ4v) is 2.78. The Morgan fingerprint density at radius 2 is 1.44 bits per heavy atom. The van der Waals surface area contributed by atoms with Gasteiger partial charge in [0.2, 0.25) is 5.75 Å². The van der Waals surface area contributed by atoms with Crippen molar-refractivity contribution < 1.29 is 38.0 Å². The monoisotopic (exact) mass is 446 g/mol. The summed E-state index contributed by atoms with van der Waals surface area (Å²) in [4.78, 5) is 12.7. The smallest absolute Gasteiger partial charge is 0.206 e. The lowest BCUT2D eigenvalue weighted by Gasteiger charge is -2.17. The van der Waals surface area contributed by atoms with Gasteiger partial charge in [-0.2, -0.15) is 0 Å². The van der Waals surface area contributed by atoms with Crippen molar-refractivity contribution in [2.75, 3.05) is 48.1 Å². The molecule has 0 heterocycles. The molecular weight excluding hydrogens is 416 g/mol. The molecule has 0 unspecified atom stereocenters. The Bertz CT molecular complexity index is 907. The van der Waals surface area contributed by atoms with E-state index >= 15 is 0 Å². The predicted molar refractivity (Wildman–Crippen MR) is 120 cm³/mol. The second-order valence-corrected chi connectivity index (χ2v) is 6.29. The summed E-state index contributed by atoms with van der Waals surface area (Å²) in [6.07, 6.45) is 3.10. The average Bonchev–Trinajstić information content (AvgIpc) is 2.82. The minimum atomic E-state index is -0.207. The van der Waals surface area contributed by atoms with Gasteiger partial charge in [-0.1, -0.05) is 0 Å². The zero-order chi connectivity index (χ0) is 23.3. The van der Waals surface area contributed by atoms with Gasteiger partial charge in [-0.15, -0.1) is 0 Å². The van der Waals surface area contributed by atoms with Crippen LogP contribution in [0.15, 0.2) is 36.4 Å². The van der Waals surface area contributed by atoms with Crippen LogP contribution in [0.1, 0.15) is 29.8 Å². The van der Waals surface area contributed by atoms with E-state index in [2.05, 4.69) is 0 Å². The molecule has 0 aliphatic carbocycles. The van der Waals surface area contributed by atoms with Crippen LogP contribution >= 0.6 is 0 Å². The van der Waals surface area contributed by atoms with Crippen LogP contribution in [-0.2, 0) is 9.47 Å². The molecule has 2 aromatic carbocycles. The molecular formula is C24H30O8. The van der Waals surface area contributed by atoms with Gasteiger partial charge in [0.05, 0.1) is 21.3 Å². The summed E-state index contributed by atoms with van der Waals surface area (Å²) < 4.78 is 38.0. The molecule has 2 aromatic rings. The van der Waals surface area contributed by atoms with Crippen molar-refractivity contribution in [1.29, 1.82) is 0 Å². The normalized spacial score (nSPS) is 10.8. The summed E-state index contributed by atoms with van der Waals surface area (Å²) in [6.45, 7) is 4.85. The van der Waals surface area contributed by atoms with E-state index in [0.717, 1.165) is 0 Å². The molecule has 0 fully saturated rings. The van der Waals surface area contributed by atoms with Gasteiger partial charge in [0.15, 0.2) is 42.4 Å². The molecule has 8 nitrogen and oxygen atoms in total. The van der Waals surface area contributed by atoms with E-state index in [1.807, 2.05) is 13.8 Å². The number of carbonyl (C=O) groups excluding carboxylic acids is 1. The molecule has 0 amide bonds. The third-order valence-corrected chi connectivity index (χ3v) is 4.39. The van der Waals surface area contributed by atoms with Gasteiger partial charge in [-0.25, -0.2) is 0 Å². The van der Waals surface area contributed by atoms with Crippen LogP contribution in [0.5, 0.6) is 28.7 Å². The first kappa shape index (κ1) is 25.0. The van der Waals surface area contributed by atoms with Gasteiger partial charge in [0.25, 0.3) is 0 Å². The third-order valence-electron chi connectivity index (χ3n) is 4.39. The average molecular weight is 446 g/mol. The molecule has 0 atom stereocenters. The highest BCUT2D eigenvalue weighted by Gasteiger charge is 2.17. The molecule has 0 saturated heterocycles. The van der Waals surface area contributed by atoms with Gasteiger partial charge >= 0.3 is 0 Å². The predicted octanol–water partition coefficient (Wildman–Crippen LogP) is 4.35. The van der Waals surface area contributed by atoms with Crippen molar-refractivity contribution in [1.82, 2.24) is 0 Å². The molecule has 8 heteroatoms. The second kappa shape index (κ2) is 13.2. The summed E-state index contributed by atoms with van der Waals surface area (Å²) in [5.41, 5.74) is 1.10. The first-order valence-electron chi connectivity index (χ1n) is 10.2. The minimum Gasteiger partial charge on any atom is -0.493 e. The fourth-order valence-electron chi connectivity index (χ4n) is 2.78. The van der Waals surface area contributed by atoms with E-state index in [1.165, 1.54) is 20.3 Å². The number of benzene rings is 2. The Hall–Kier alpha value is -3.23. The van der Waals surface area contributed by atoms with Gasteiger partial charge in [0.1, 0.15) is 0 Å².